The molecule has 0 aromatic heterocycles. The fourth-order valence-electron chi connectivity index (χ4n) is 2.42. The summed E-state index contributed by atoms with van der Waals surface area (Å²) in [7, 11) is 3.23. The van der Waals surface area contributed by atoms with Gasteiger partial charge in [-0.3, -0.25) is 14.5 Å². The van der Waals surface area contributed by atoms with Crippen molar-refractivity contribution in [2.75, 3.05) is 40.5 Å². The van der Waals surface area contributed by atoms with Crippen LogP contribution >= 0.6 is 0 Å². The monoisotopic (exact) mass is 336 g/mol. The normalized spacial score (nSPS) is 12.8. The maximum Gasteiger partial charge on any atom is 0.305 e. The summed E-state index contributed by atoms with van der Waals surface area (Å²) in [4.78, 5) is 24.8. The Labute approximate surface area is 141 Å². The van der Waals surface area contributed by atoms with E-state index in [1.807, 2.05) is 30.1 Å². The molecule has 1 heterocycles. The van der Waals surface area contributed by atoms with Crippen LogP contribution in [0.1, 0.15) is 18.4 Å². The van der Waals surface area contributed by atoms with Crippen molar-refractivity contribution in [3.8, 4) is 11.5 Å². The molecule has 0 atom stereocenters. The van der Waals surface area contributed by atoms with Crippen LogP contribution in [-0.2, 0) is 20.9 Å². The smallest absolute Gasteiger partial charge is 0.305 e. The van der Waals surface area contributed by atoms with Crippen LogP contribution in [0.15, 0.2) is 18.2 Å². The molecule has 1 aromatic rings. The zero-order chi connectivity index (χ0) is 17.4. The molecule has 1 N–H and O–H groups in total. The summed E-state index contributed by atoms with van der Waals surface area (Å²) < 4.78 is 15.6. The molecule has 7 heteroatoms. The molecule has 0 bridgehead atoms. The van der Waals surface area contributed by atoms with Gasteiger partial charge in [0.15, 0.2) is 11.5 Å². The highest BCUT2D eigenvalue weighted by Gasteiger charge is 2.13. The van der Waals surface area contributed by atoms with E-state index in [0.717, 1.165) is 17.1 Å². The van der Waals surface area contributed by atoms with E-state index in [1.54, 1.807) is 0 Å². The Morgan fingerprint density at radius 2 is 2.00 bits per heavy atom. The molecule has 1 amide bonds. The topological polar surface area (TPSA) is 77.1 Å². The van der Waals surface area contributed by atoms with Gasteiger partial charge in [0.05, 0.1) is 13.7 Å². The minimum absolute atomic E-state index is 0.0695. The van der Waals surface area contributed by atoms with Gasteiger partial charge in [0.2, 0.25) is 5.91 Å². The van der Waals surface area contributed by atoms with Gasteiger partial charge < -0.3 is 19.5 Å². The van der Waals surface area contributed by atoms with Gasteiger partial charge in [0, 0.05) is 19.5 Å². The maximum atomic E-state index is 11.9. The quantitative estimate of drug-likeness (QED) is 0.563. The van der Waals surface area contributed by atoms with Crippen LogP contribution in [0.25, 0.3) is 0 Å². The number of carbonyl (C=O) groups excluding carboxylic acids is 2. The Hall–Kier alpha value is -2.28. The van der Waals surface area contributed by atoms with E-state index in [9.17, 15) is 9.59 Å². The Morgan fingerprint density at radius 1 is 1.25 bits per heavy atom. The zero-order valence-electron chi connectivity index (χ0n) is 14.2. The van der Waals surface area contributed by atoms with E-state index in [1.165, 1.54) is 7.11 Å². The average Bonchev–Trinajstić information content (AvgIpc) is 2.58. The predicted octanol–water partition coefficient (Wildman–Crippen LogP) is 0.959. The largest absolute Gasteiger partial charge is 0.486 e. The molecular weight excluding hydrogens is 312 g/mol. The van der Waals surface area contributed by atoms with Crippen molar-refractivity contribution >= 4 is 11.9 Å². The van der Waals surface area contributed by atoms with Crippen molar-refractivity contribution in [2.45, 2.75) is 19.4 Å². The van der Waals surface area contributed by atoms with Crippen molar-refractivity contribution in [1.29, 1.82) is 0 Å². The van der Waals surface area contributed by atoms with Gasteiger partial charge in [-0.1, -0.05) is 6.07 Å². The second-order valence-electron chi connectivity index (χ2n) is 5.68. The Kier molecular flexibility index (Phi) is 6.87. The number of hydrogen-bond donors (Lipinski definition) is 1. The van der Waals surface area contributed by atoms with Gasteiger partial charge >= 0.3 is 5.97 Å². The van der Waals surface area contributed by atoms with Crippen LogP contribution in [0.5, 0.6) is 11.5 Å². The first kappa shape index (κ1) is 18.1. The van der Waals surface area contributed by atoms with Gasteiger partial charge in [-0.05, 0) is 31.2 Å². The number of likely N-dealkylation sites (N-methyl/N-ethyl adjacent to an activating group) is 1. The van der Waals surface area contributed by atoms with Gasteiger partial charge in [-0.2, -0.15) is 0 Å². The average molecular weight is 336 g/mol. The number of amides is 1. The summed E-state index contributed by atoms with van der Waals surface area (Å²) in [5.74, 6) is 1.18. The molecule has 1 aliphatic heterocycles. The Bertz CT molecular complexity index is 576. The molecule has 0 aliphatic carbocycles. The molecule has 0 unspecified atom stereocenters. The number of benzene rings is 1. The molecular formula is C17H24N2O5. The third-order valence-electron chi connectivity index (χ3n) is 3.58. The first-order valence-corrected chi connectivity index (χ1v) is 7.99. The number of ether oxygens (including phenoxy) is 3. The van der Waals surface area contributed by atoms with Crippen LogP contribution < -0.4 is 14.8 Å². The number of fused-ring (bicyclic) bond motifs is 1. The Balaban J connectivity index is 1.71. The molecule has 132 valence electrons. The molecule has 0 saturated carbocycles. The SMILES string of the molecule is COC(=O)CCCNC(=O)CN(C)Cc1ccc2c(c1)OCCO2. The van der Waals surface area contributed by atoms with E-state index in [2.05, 4.69) is 10.1 Å². The molecule has 0 spiro atoms. The summed E-state index contributed by atoms with van der Waals surface area (Å²) >= 11 is 0. The van der Waals surface area contributed by atoms with Crippen LogP contribution in [0, 0.1) is 0 Å². The lowest BCUT2D eigenvalue weighted by Gasteiger charge is -2.21. The number of nitrogens with zero attached hydrogens (tertiary/aromatic N) is 1. The minimum atomic E-state index is -0.264. The van der Waals surface area contributed by atoms with Crippen molar-refractivity contribution in [2.24, 2.45) is 0 Å². The highest BCUT2D eigenvalue weighted by molar-refractivity contribution is 5.78. The molecule has 1 aromatic carbocycles. The van der Waals surface area contributed by atoms with Crippen LogP contribution in [0.3, 0.4) is 0 Å². The van der Waals surface area contributed by atoms with E-state index in [4.69, 9.17) is 9.47 Å². The zero-order valence-corrected chi connectivity index (χ0v) is 14.2. The van der Waals surface area contributed by atoms with Crippen LogP contribution in [0.2, 0.25) is 0 Å². The lowest BCUT2D eigenvalue weighted by Crippen LogP contribution is -2.35. The third kappa shape index (κ3) is 5.73. The molecule has 0 fully saturated rings. The van der Waals surface area contributed by atoms with Gasteiger partial charge in [-0.15, -0.1) is 0 Å². The van der Waals surface area contributed by atoms with Crippen LogP contribution in [-0.4, -0.2) is 57.2 Å². The van der Waals surface area contributed by atoms with Crippen molar-refractivity contribution in [3.05, 3.63) is 23.8 Å². The van der Waals surface area contributed by atoms with Gasteiger partial charge in [0.25, 0.3) is 0 Å². The predicted molar refractivity (Wildman–Crippen MR) is 88.0 cm³/mol. The number of nitrogens with one attached hydrogen (secondary N) is 1. The first-order chi connectivity index (χ1) is 11.6. The summed E-state index contributed by atoms with van der Waals surface area (Å²) in [6.07, 6.45) is 0.883. The van der Waals surface area contributed by atoms with E-state index >= 15 is 0 Å². The number of esters is 1. The fraction of sp³-hybridized carbons (Fsp3) is 0.529. The molecule has 24 heavy (non-hydrogen) atoms. The van der Waals surface area contributed by atoms with E-state index in [0.29, 0.717) is 39.1 Å². The second kappa shape index (κ2) is 9.12. The van der Waals surface area contributed by atoms with Gasteiger partial charge in [0.1, 0.15) is 13.2 Å². The lowest BCUT2D eigenvalue weighted by atomic mass is 10.2. The maximum absolute atomic E-state index is 11.9. The highest BCUT2D eigenvalue weighted by Crippen LogP contribution is 2.30. The Morgan fingerprint density at radius 3 is 2.75 bits per heavy atom. The number of hydrogen-bond acceptors (Lipinski definition) is 6. The summed E-state index contributed by atoms with van der Waals surface area (Å²) in [5.41, 5.74) is 1.06. The van der Waals surface area contributed by atoms with Gasteiger partial charge in [-0.25, -0.2) is 0 Å². The van der Waals surface area contributed by atoms with Crippen molar-refractivity contribution in [3.63, 3.8) is 0 Å². The summed E-state index contributed by atoms with van der Waals surface area (Å²) in [6, 6.07) is 5.81. The standard InChI is InChI=1S/C17H24N2O5/c1-19(12-16(20)18-7-3-4-17(21)22-2)11-13-5-6-14-15(10-13)24-9-8-23-14/h5-6,10H,3-4,7-9,11-12H2,1-2H3,(H,18,20). The number of methoxy groups -OCH3 is 1. The summed E-state index contributed by atoms with van der Waals surface area (Å²) in [5, 5.41) is 2.80. The van der Waals surface area contributed by atoms with E-state index < -0.39 is 0 Å². The lowest BCUT2D eigenvalue weighted by molar-refractivity contribution is -0.140. The third-order valence-corrected chi connectivity index (χ3v) is 3.58. The molecule has 2 rings (SSSR count). The first-order valence-electron chi connectivity index (χ1n) is 7.99. The number of rotatable bonds is 8. The molecule has 0 radical (unpaired) electrons. The van der Waals surface area contributed by atoms with Crippen molar-refractivity contribution < 1.29 is 23.8 Å². The highest BCUT2D eigenvalue weighted by atomic mass is 16.6. The molecule has 0 saturated heterocycles. The fourth-order valence-corrected chi connectivity index (χ4v) is 2.42. The summed E-state index contributed by atoms with van der Waals surface area (Å²) in [6.45, 7) is 2.51. The second-order valence-corrected chi connectivity index (χ2v) is 5.68. The van der Waals surface area contributed by atoms with Crippen LogP contribution in [0.4, 0.5) is 0 Å². The number of carbonyl (C=O) groups is 2. The van der Waals surface area contributed by atoms with E-state index in [-0.39, 0.29) is 18.4 Å². The minimum Gasteiger partial charge on any atom is -0.486 e. The molecule has 7 nitrogen and oxygen atoms in total. The molecule has 1 aliphatic rings. The van der Waals surface area contributed by atoms with Crippen molar-refractivity contribution in [1.82, 2.24) is 10.2 Å².